The lowest BCUT2D eigenvalue weighted by Gasteiger charge is -2.12. The van der Waals surface area contributed by atoms with Crippen LogP contribution in [-0.4, -0.2) is 38.9 Å². The number of pyridine rings is 1. The summed E-state index contributed by atoms with van der Waals surface area (Å²) < 4.78 is 59.7. The molecule has 1 aliphatic heterocycles. The Morgan fingerprint density at radius 2 is 2.15 bits per heavy atom. The van der Waals surface area contributed by atoms with Gasteiger partial charge in [-0.1, -0.05) is 6.92 Å². The van der Waals surface area contributed by atoms with Crippen molar-refractivity contribution in [2.45, 2.75) is 38.5 Å². The van der Waals surface area contributed by atoms with Crippen LogP contribution in [0.2, 0.25) is 0 Å². The molecule has 2 saturated carbocycles. The van der Waals surface area contributed by atoms with Gasteiger partial charge in [0, 0.05) is 31.0 Å². The summed E-state index contributed by atoms with van der Waals surface area (Å²) in [6, 6.07) is 1.66. The second-order valence-electron chi connectivity index (χ2n) is 7.51. The van der Waals surface area contributed by atoms with Gasteiger partial charge in [-0.15, -0.1) is 0 Å². The summed E-state index contributed by atoms with van der Waals surface area (Å²) in [5.41, 5.74) is 1.29. The zero-order valence-electron chi connectivity index (χ0n) is 15.2. The molecule has 0 bridgehead atoms. The van der Waals surface area contributed by atoms with Gasteiger partial charge in [-0.2, -0.15) is 8.42 Å². The van der Waals surface area contributed by atoms with Crippen LogP contribution in [0.4, 0.5) is 20.3 Å². The van der Waals surface area contributed by atoms with E-state index in [0.717, 1.165) is 4.31 Å². The third-order valence-electron chi connectivity index (χ3n) is 5.69. The molecule has 7 nitrogen and oxygen atoms in total. The van der Waals surface area contributed by atoms with Crippen molar-refractivity contribution >= 4 is 27.7 Å². The first-order chi connectivity index (χ1) is 12.6. The average molecular weight is 401 g/mol. The molecule has 0 radical (unpaired) electrons. The lowest BCUT2D eigenvalue weighted by molar-refractivity contribution is -0.145. The molecule has 2 heterocycles. The third kappa shape index (κ3) is 2.94. The highest BCUT2D eigenvalue weighted by molar-refractivity contribution is 7.94. The van der Waals surface area contributed by atoms with Gasteiger partial charge in [-0.05, 0) is 30.9 Å². The smallest absolute Gasteiger partial charge is 0.325 e. The number of nitrogens with zero attached hydrogens (tertiary/aromatic N) is 2. The Hall–Kier alpha value is -1.97. The predicted octanol–water partition coefficient (Wildman–Crippen LogP) is 2.30. The van der Waals surface area contributed by atoms with Crippen LogP contribution < -0.4 is 9.03 Å². The maximum atomic E-state index is 13.4. The van der Waals surface area contributed by atoms with E-state index in [1.807, 2.05) is 6.92 Å². The molecule has 1 N–H and O–H groups in total. The highest BCUT2D eigenvalue weighted by atomic mass is 32.2. The van der Waals surface area contributed by atoms with Gasteiger partial charge in [-0.3, -0.25) is 9.52 Å². The Morgan fingerprint density at radius 3 is 2.74 bits per heavy atom. The fourth-order valence-corrected chi connectivity index (χ4v) is 4.84. The minimum absolute atomic E-state index is 0.00101. The van der Waals surface area contributed by atoms with E-state index in [-0.39, 0.29) is 54.7 Å². The molecule has 0 amide bonds. The molecule has 4 unspecified atom stereocenters. The minimum atomic E-state index is -3.78. The largest absolute Gasteiger partial charge is 0.466 e. The highest BCUT2D eigenvalue weighted by Crippen LogP contribution is 2.56. The number of fused-ring (bicyclic) bond motifs is 1. The molecule has 0 saturated heterocycles. The third-order valence-corrected chi connectivity index (χ3v) is 7.05. The topological polar surface area (TPSA) is 88.6 Å². The highest BCUT2D eigenvalue weighted by Gasteiger charge is 2.58. The molecule has 4 rings (SSSR count). The lowest BCUT2D eigenvalue weighted by atomic mass is 10.0. The number of nitrogens with one attached hydrogen (secondary N) is 1. The SMILES string of the molecule is CCOC(=O)C1C(C)C1c1cc(CC2CC2(F)F)c2c(n1)N(C)S(=O)(=O)N2. The molecule has 2 fully saturated rings. The monoisotopic (exact) mass is 401 g/mol. The van der Waals surface area contributed by atoms with Crippen LogP contribution in [-0.2, 0) is 26.2 Å². The van der Waals surface area contributed by atoms with Gasteiger partial charge in [0.15, 0.2) is 5.82 Å². The van der Waals surface area contributed by atoms with E-state index >= 15 is 0 Å². The Labute approximate surface area is 156 Å². The molecule has 10 heteroatoms. The second kappa shape index (κ2) is 5.76. The summed E-state index contributed by atoms with van der Waals surface area (Å²) >= 11 is 0. The molecule has 3 aliphatic rings. The summed E-state index contributed by atoms with van der Waals surface area (Å²) in [5.74, 6) is -4.18. The quantitative estimate of drug-likeness (QED) is 0.765. The van der Waals surface area contributed by atoms with Crippen molar-refractivity contribution in [1.29, 1.82) is 0 Å². The van der Waals surface area contributed by atoms with Crippen LogP contribution in [0.3, 0.4) is 0 Å². The van der Waals surface area contributed by atoms with Crippen molar-refractivity contribution in [2.24, 2.45) is 17.8 Å². The van der Waals surface area contributed by atoms with E-state index in [9.17, 15) is 22.0 Å². The summed E-state index contributed by atoms with van der Waals surface area (Å²) in [7, 11) is -2.42. The fourth-order valence-electron chi connectivity index (χ4n) is 3.86. The lowest BCUT2D eigenvalue weighted by Crippen LogP contribution is -2.25. The molecule has 1 aromatic heterocycles. The zero-order valence-corrected chi connectivity index (χ0v) is 16.0. The predicted molar refractivity (Wildman–Crippen MR) is 94.0 cm³/mol. The first-order valence-corrected chi connectivity index (χ1v) is 10.4. The van der Waals surface area contributed by atoms with Gasteiger partial charge < -0.3 is 4.74 Å². The Balaban J connectivity index is 1.70. The van der Waals surface area contributed by atoms with Crippen molar-refractivity contribution in [3.63, 3.8) is 0 Å². The number of anilines is 2. The number of alkyl halides is 2. The van der Waals surface area contributed by atoms with Crippen molar-refractivity contribution in [1.82, 2.24) is 4.98 Å². The number of halogens is 2. The first kappa shape index (κ1) is 18.4. The zero-order chi connectivity index (χ0) is 19.7. The number of carbonyl (C=O) groups excluding carboxylic acids is 1. The van der Waals surface area contributed by atoms with Gasteiger partial charge >= 0.3 is 16.2 Å². The van der Waals surface area contributed by atoms with Gasteiger partial charge in [0.25, 0.3) is 5.92 Å². The Morgan fingerprint density at radius 1 is 1.48 bits per heavy atom. The van der Waals surface area contributed by atoms with E-state index < -0.39 is 22.0 Å². The molecule has 4 atom stereocenters. The molecular formula is C17H21F2N3O4S. The van der Waals surface area contributed by atoms with Gasteiger partial charge in [0.1, 0.15) is 0 Å². The van der Waals surface area contributed by atoms with Gasteiger partial charge in [0.2, 0.25) is 0 Å². The van der Waals surface area contributed by atoms with Crippen molar-refractivity contribution in [3.05, 3.63) is 17.3 Å². The van der Waals surface area contributed by atoms with E-state index in [1.165, 1.54) is 7.05 Å². The number of carbonyl (C=O) groups is 1. The summed E-state index contributed by atoms with van der Waals surface area (Å²) in [6.07, 6.45) is -0.139. The molecule has 2 aliphatic carbocycles. The van der Waals surface area contributed by atoms with Gasteiger partial charge in [-0.25, -0.2) is 18.1 Å². The Kier molecular flexibility index (Phi) is 3.93. The normalized spacial score (nSPS) is 31.8. The number of aromatic nitrogens is 1. The molecule has 0 aromatic carbocycles. The van der Waals surface area contributed by atoms with E-state index in [2.05, 4.69) is 9.71 Å². The average Bonchev–Trinajstić information content (AvgIpc) is 3.39. The van der Waals surface area contributed by atoms with Crippen LogP contribution in [0.25, 0.3) is 0 Å². The molecule has 27 heavy (non-hydrogen) atoms. The number of rotatable bonds is 5. The van der Waals surface area contributed by atoms with Crippen LogP contribution in [0.1, 0.15) is 37.4 Å². The minimum Gasteiger partial charge on any atom is -0.466 e. The van der Waals surface area contributed by atoms with Crippen LogP contribution in [0, 0.1) is 17.8 Å². The number of hydrogen-bond acceptors (Lipinski definition) is 5. The number of ether oxygens (including phenoxy) is 1. The summed E-state index contributed by atoms with van der Waals surface area (Å²) in [6.45, 7) is 3.90. The molecule has 148 valence electrons. The van der Waals surface area contributed by atoms with Crippen LogP contribution >= 0.6 is 0 Å². The molecular weight excluding hydrogens is 380 g/mol. The molecule has 1 aromatic rings. The summed E-state index contributed by atoms with van der Waals surface area (Å²) in [5, 5.41) is 0. The standard InChI is InChI=1S/C17H21F2N3O4S/c1-4-26-16(23)13-8(2)12(13)11-6-9(5-10-7-17(10,18)19)14-15(20-11)22(3)27(24,25)21-14/h6,8,10,12-13,21H,4-5,7H2,1-3H3. The van der Waals surface area contributed by atoms with E-state index in [0.29, 0.717) is 11.3 Å². The van der Waals surface area contributed by atoms with E-state index in [4.69, 9.17) is 4.74 Å². The molecule has 0 spiro atoms. The van der Waals surface area contributed by atoms with Gasteiger partial charge in [0.05, 0.1) is 18.2 Å². The van der Waals surface area contributed by atoms with E-state index in [1.54, 1.807) is 13.0 Å². The number of esters is 1. The number of hydrogen-bond donors (Lipinski definition) is 1. The Bertz CT molecular complexity index is 921. The maximum Gasteiger partial charge on any atom is 0.325 e. The van der Waals surface area contributed by atoms with Crippen LogP contribution in [0.5, 0.6) is 0 Å². The first-order valence-electron chi connectivity index (χ1n) is 8.91. The van der Waals surface area contributed by atoms with Crippen molar-refractivity contribution < 1.29 is 26.7 Å². The summed E-state index contributed by atoms with van der Waals surface area (Å²) in [4.78, 5) is 16.5. The fraction of sp³-hybridized carbons (Fsp3) is 0.647. The van der Waals surface area contributed by atoms with Crippen molar-refractivity contribution in [3.8, 4) is 0 Å². The van der Waals surface area contributed by atoms with Crippen molar-refractivity contribution in [2.75, 3.05) is 22.7 Å². The van der Waals surface area contributed by atoms with Crippen LogP contribution in [0.15, 0.2) is 6.07 Å². The second-order valence-corrected chi connectivity index (χ2v) is 9.21. The maximum absolute atomic E-state index is 13.4.